The Morgan fingerprint density at radius 2 is 2.20 bits per heavy atom. The van der Waals surface area contributed by atoms with E-state index in [2.05, 4.69) is 11.8 Å². The summed E-state index contributed by atoms with van der Waals surface area (Å²) in [6, 6.07) is 6.03. The van der Waals surface area contributed by atoms with Gasteiger partial charge in [-0.05, 0) is 13.0 Å². The minimum atomic E-state index is 0.141. The summed E-state index contributed by atoms with van der Waals surface area (Å²) in [7, 11) is 3.33. The van der Waals surface area contributed by atoms with Gasteiger partial charge in [-0.1, -0.05) is 6.07 Å². The van der Waals surface area contributed by atoms with E-state index < -0.39 is 0 Å². The Morgan fingerprint density at radius 3 is 2.80 bits per heavy atom. The Labute approximate surface area is 120 Å². The average molecular weight is 280 g/mol. The number of nitrogens with zero attached hydrogens (tertiary/aromatic N) is 1. The van der Waals surface area contributed by atoms with Crippen molar-refractivity contribution in [3.05, 3.63) is 23.8 Å². The molecular formula is C15H24N2O3. The number of rotatable bonds is 5. The van der Waals surface area contributed by atoms with Gasteiger partial charge in [-0.25, -0.2) is 0 Å². The van der Waals surface area contributed by atoms with Crippen molar-refractivity contribution in [2.75, 3.05) is 40.5 Å². The molecule has 0 saturated carbocycles. The van der Waals surface area contributed by atoms with Crippen molar-refractivity contribution in [3.63, 3.8) is 0 Å². The van der Waals surface area contributed by atoms with Crippen LogP contribution in [0.4, 0.5) is 0 Å². The van der Waals surface area contributed by atoms with E-state index in [1.54, 1.807) is 14.2 Å². The quantitative estimate of drug-likeness (QED) is 0.884. The van der Waals surface area contributed by atoms with Crippen molar-refractivity contribution < 1.29 is 14.2 Å². The summed E-state index contributed by atoms with van der Waals surface area (Å²) in [5.41, 5.74) is 7.11. The Morgan fingerprint density at radius 1 is 1.40 bits per heavy atom. The van der Waals surface area contributed by atoms with Gasteiger partial charge in [0.15, 0.2) is 0 Å². The number of ether oxygens (including phenoxy) is 3. The van der Waals surface area contributed by atoms with Crippen molar-refractivity contribution in [1.29, 1.82) is 0 Å². The number of morpholine rings is 1. The molecule has 0 aromatic heterocycles. The lowest BCUT2D eigenvalue weighted by Gasteiger charge is -2.37. The van der Waals surface area contributed by atoms with Crippen molar-refractivity contribution in [2.45, 2.75) is 19.1 Å². The summed E-state index contributed by atoms with van der Waals surface area (Å²) in [6.45, 7) is 5.16. The standard InChI is InChI=1S/C15H24N2O3/c1-11-10-17(6-7-20-11)14(9-16)13-5-4-12(18-2)8-15(13)19-3/h4-5,8,11,14H,6-7,9-10,16H2,1-3H3. The Balaban J connectivity index is 2.26. The number of methoxy groups -OCH3 is 2. The van der Waals surface area contributed by atoms with Gasteiger partial charge >= 0.3 is 0 Å². The lowest BCUT2D eigenvalue weighted by molar-refractivity contribution is -0.0335. The molecule has 1 heterocycles. The minimum absolute atomic E-state index is 0.141. The third kappa shape index (κ3) is 3.23. The largest absolute Gasteiger partial charge is 0.497 e. The van der Waals surface area contributed by atoms with E-state index in [1.807, 2.05) is 18.2 Å². The molecule has 1 saturated heterocycles. The molecule has 5 heteroatoms. The van der Waals surface area contributed by atoms with E-state index in [4.69, 9.17) is 19.9 Å². The first kappa shape index (κ1) is 15.1. The first-order valence-corrected chi connectivity index (χ1v) is 6.97. The molecule has 20 heavy (non-hydrogen) atoms. The van der Waals surface area contributed by atoms with E-state index in [-0.39, 0.29) is 12.1 Å². The fourth-order valence-electron chi connectivity index (χ4n) is 2.69. The SMILES string of the molecule is COc1ccc(C(CN)N2CCOC(C)C2)c(OC)c1. The highest BCUT2D eigenvalue weighted by atomic mass is 16.5. The molecule has 2 rings (SSSR count). The summed E-state index contributed by atoms with van der Waals surface area (Å²) >= 11 is 0. The zero-order valence-corrected chi connectivity index (χ0v) is 12.5. The Bertz CT molecular complexity index is 439. The molecule has 0 radical (unpaired) electrons. The number of benzene rings is 1. The summed E-state index contributed by atoms with van der Waals surface area (Å²) < 4.78 is 16.3. The molecule has 1 aliphatic heterocycles. The molecule has 2 atom stereocenters. The van der Waals surface area contributed by atoms with E-state index in [0.29, 0.717) is 6.54 Å². The van der Waals surface area contributed by atoms with Gasteiger partial charge in [-0.2, -0.15) is 0 Å². The molecule has 1 aromatic rings. The van der Waals surface area contributed by atoms with Gasteiger partial charge in [0.25, 0.3) is 0 Å². The van der Waals surface area contributed by atoms with Crippen LogP contribution in [0.5, 0.6) is 11.5 Å². The third-order valence-electron chi connectivity index (χ3n) is 3.74. The second-order valence-electron chi connectivity index (χ2n) is 5.04. The fourth-order valence-corrected chi connectivity index (χ4v) is 2.69. The van der Waals surface area contributed by atoms with Gasteiger partial charge in [0, 0.05) is 31.3 Å². The zero-order chi connectivity index (χ0) is 14.5. The first-order valence-electron chi connectivity index (χ1n) is 6.97. The highest BCUT2D eigenvalue weighted by Gasteiger charge is 2.26. The van der Waals surface area contributed by atoms with E-state index in [9.17, 15) is 0 Å². The van der Waals surface area contributed by atoms with Crippen LogP contribution in [0.2, 0.25) is 0 Å². The van der Waals surface area contributed by atoms with Gasteiger partial charge in [0.2, 0.25) is 0 Å². The van der Waals surface area contributed by atoms with Crippen molar-refractivity contribution in [3.8, 4) is 11.5 Å². The molecule has 1 aliphatic rings. The predicted octanol–water partition coefficient (Wildman–Crippen LogP) is 1.42. The van der Waals surface area contributed by atoms with Crippen molar-refractivity contribution >= 4 is 0 Å². The lowest BCUT2D eigenvalue weighted by atomic mass is 10.0. The summed E-state index contributed by atoms with van der Waals surface area (Å²) in [6.07, 6.45) is 0.238. The molecular weight excluding hydrogens is 256 g/mol. The van der Waals surface area contributed by atoms with Crippen molar-refractivity contribution in [1.82, 2.24) is 4.90 Å². The van der Waals surface area contributed by atoms with Crippen LogP contribution in [0.1, 0.15) is 18.5 Å². The second kappa shape index (κ2) is 6.92. The molecule has 0 aliphatic carbocycles. The second-order valence-corrected chi connectivity index (χ2v) is 5.04. The number of hydrogen-bond acceptors (Lipinski definition) is 5. The van der Waals surface area contributed by atoms with Gasteiger partial charge in [-0.15, -0.1) is 0 Å². The van der Waals surface area contributed by atoms with Crippen LogP contribution < -0.4 is 15.2 Å². The van der Waals surface area contributed by atoms with Crippen LogP contribution in [0.3, 0.4) is 0 Å². The average Bonchev–Trinajstić information content (AvgIpc) is 2.48. The molecule has 5 nitrogen and oxygen atoms in total. The van der Waals surface area contributed by atoms with Gasteiger partial charge in [0.05, 0.1) is 33.0 Å². The number of nitrogens with two attached hydrogens (primary N) is 1. The highest BCUT2D eigenvalue weighted by Crippen LogP contribution is 2.32. The third-order valence-corrected chi connectivity index (χ3v) is 3.74. The van der Waals surface area contributed by atoms with Crippen LogP contribution in [-0.4, -0.2) is 51.5 Å². The van der Waals surface area contributed by atoms with Crippen LogP contribution in [0, 0.1) is 0 Å². The normalized spacial score (nSPS) is 21.5. The van der Waals surface area contributed by atoms with Gasteiger partial charge in [0.1, 0.15) is 11.5 Å². The maximum atomic E-state index is 6.01. The minimum Gasteiger partial charge on any atom is -0.497 e. The van der Waals surface area contributed by atoms with Crippen LogP contribution in [-0.2, 0) is 4.74 Å². The Kier molecular flexibility index (Phi) is 5.23. The molecule has 0 spiro atoms. The Hall–Kier alpha value is -1.30. The van der Waals surface area contributed by atoms with Crippen molar-refractivity contribution in [2.24, 2.45) is 5.73 Å². The first-order chi connectivity index (χ1) is 9.69. The van der Waals surface area contributed by atoms with Crippen LogP contribution >= 0.6 is 0 Å². The molecule has 0 amide bonds. The van der Waals surface area contributed by atoms with Crippen LogP contribution in [0.25, 0.3) is 0 Å². The molecule has 2 N–H and O–H groups in total. The maximum Gasteiger partial charge on any atom is 0.127 e. The van der Waals surface area contributed by atoms with E-state index in [0.717, 1.165) is 36.8 Å². The molecule has 0 bridgehead atoms. The predicted molar refractivity (Wildman–Crippen MR) is 78.3 cm³/mol. The monoisotopic (exact) mass is 280 g/mol. The smallest absolute Gasteiger partial charge is 0.127 e. The molecule has 2 unspecified atom stereocenters. The molecule has 1 aromatic carbocycles. The summed E-state index contributed by atoms with van der Waals surface area (Å²) in [5.74, 6) is 1.61. The zero-order valence-electron chi connectivity index (χ0n) is 12.5. The molecule has 112 valence electrons. The van der Waals surface area contributed by atoms with E-state index in [1.165, 1.54) is 0 Å². The highest BCUT2D eigenvalue weighted by molar-refractivity contribution is 5.42. The van der Waals surface area contributed by atoms with Gasteiger partial charge < -0.3 is 19.9 Å². The fraction of sp³-hybridized carbons (Fsp3) is 0.600. The van der Waals surface area contributed by atoms with Gasteiger partial charge in [-0.3, -0.25) is 4.90 Å². The summed E-state index contributed by atoms with van der Waals surface area (Å²) in [5, 5.41) is 0. The van der Waals surface area contributed by atoms with E-state index >= 15 is 0 Å². The lowest BCUT2D eigenvalue weighted by Crippen LogP contribution is -2.45. The number of hydrogen-bond donors (Lipinski definition) is 1. The maximum absolute atomic E-state index is 6.01. The molecule has 1 fully saturated rings. The topological polar surface area (TPSA) is 57.0 Å². The summed E-state index contributed by atoms with van der Waals surface area (Å²) in [4.78, 5) is 2.36. The van der Waals surface area contributed by atoms with Crippen LogP contribution in [0.15, 0.2) is 18.2 Å².